The van der Waals surface area contributed by atoms with Crippen molar-refractivity contribution in [1.29, 1.82) is 0 Å². The van der Waals surface area contributed by atoms with Crippen molar-refractivity contribution in [1.82, 2.24) is 24.5 Å². The molecule has 0 radical (unpaired) electrons. The number of nitrogens with zero attached hydrogens (tertiary/aromatic N) is 5. The summed E-state index contributed by atoms with van der Waals surface area (Å²) in [4.78, 5) is 44.2. The Morgan fingerprint density at radius 3 is 2.23 bits per heavy atom. The van der Waals surface area contributed by atoms with Crippen molar-refractivity contribution in [2.24, 2.45) is 5.92 Å². The maximum Gasteiger partial charge on any atom is 0.275 e. The lowest BCUT2D eigenvalue weighted by atomic mass is 10.1. The molecular weight excluding hydrogens is 394 g/mol. The average molecular weight is 428 g/mol. The zero-order valence-corrected chi connectivity index (χ0v) is 19.0. The highest BCUT2D eigenvalue weighted by Gasteiger charge is 2.27. The van der Waals surface area contributed by atoms with Gasteiger partial charge in [-0.15, -0.1) is 0 Å². The van der Waals surface area contributed by atoms with Gasteiger partial charge >= 0.3 is 0 Å². The molecule has 8 nitrogen and oxygen atoms in total. The predicted molar refractivity (Wildman–Crippen MR) is 121 cm³/mol. The summed E-state index contributed by atoms with van der Waals surface area (Å²) >= 11 is 0. The zero-order valence-electron chi connectivity index (χ0n) is 19.0. The number of benzene rings is 1. The summed E-state index contributed by atoms with van der Waals surface area (Å²) in [6.45, 7) is 12.6. The van der Waals surface area contributed by atoms with Gasteiger partial charge in [-0.3, -0.25) is 19.3 Å². The Labute approximate surface area is 183 Å². The fraction of sp³-hybridized carbons (Fsp3) is 0.565. The number of hydrogen-bond donors (Lipinski definition) is 0. The first-order chi connectivity index (χ1) is 14.8. The molecule has 168 valence electrons. The number of carbonyl (C=O) groups excluding carboxylic acids is 2. The Balaban J connectivity index is 1.77. The monoisotopic (exact) mass is 427 g/mol. The summed E-state index contributed by atoms with van der Waals surface area (Å²) in [5.41, 5.74) is 0.157. The molecule has 0 atom stereocenters. The fourth-order valence-corrected chi connectivity index (χ4v) is 3.99. The number of fused-ring (bicyclic) bond motifs is 1. The summed E-state index contributed by atoms with van der Waals surface area (Å²) in [6, 6.07) is 7.17. The van der Waals surface area contributed by atoms with Crippen molar-refractivity contribution in [2.75, 3.05) is 45.8 Å². The van der Waals surface area contributed by atoms with Crippen LogP contribution in [0.4, 0.5) is 0 Å². The summed E-state index contributed by atoms with van der Waals surface area (Å²) in [6.07, 6.45) is 0. The van der Waals surface area contributed by atoms with Crippen molar-refractivity contribution in [3.8, 4) is 0 Å². The number of rotatable bonds is 7. The molecule has 1 saturated heterocycles. The molecule has 0 bridgehead atoms. The van der Waals surface area contributed by atoms with Crippen LogP contribution in [0.1, 0.15) is 38.2 Å². The van der Waals surface area contributed by atoms with Crippen molar-refractivity contribution in [3.63, 3.8) is 0 Å². The minimum Gasteiger partial charge on any atom is -0.342 e. The van der Waals surface area contributed by atoms with Gasteiger partial charge in [0.15, 0.2) is 5.69 Å². The number of aromatic nitrogens is 2. The number of amides is 2. The molecule has 8 heteroatoms. The Kier molecular flexibility index (Phi) is 7.43. The highest BCUT2D eigenvalue weighted by Crippen LogP contribution is 2.17. The maximum atomic E-state index is 13.3. The largest absolute Gasteiger partial charge is 0.342 e. The van der Waals surface area contributed by atoms with Crippen LogP contribution in [0.25, 0.3) is 10.8 Å². The molecule has 31 heavy (non-hydrogen) atoms. The molecule has 2 heterocycles. The van der Waals surface area contributed by atoms with E-state index in [4.69, 9.17) is 0 Å². The van der Waals surface area contributed by atoms with E-state index in [-0.39, 0.29) is 23.3 Å². The van der Waals surface area contributed by atoms with Crippen LogP contribution in [-0.2, 0) is 11.3 Å². The van der Waals surface area contributed by atoms with E-state index in [1.54, 1.807) is 17.0 Å². The van der Waals surface area contributed by atoms with Crippen molar-refractivity contribution in [2.45, 2.75) is 34.2 Å². The molecule has 1 fully saturated rings. The molecule has 1 aliphatic heterocycles. The molecule has 0 unspecified atom stereocenters. The third-order valence-corrected chi connectivity index (χ3v) is 5.74. The van der Waals surface area contributed by atoms with Gasteiger partial charge in [0.1, 0.15) is 0 Å². The van der Waals surface area contributed by atoms with Crippen LogP contribution in [0.2, 0.25) is 0 Å². The van der Waals surface area contributed by atoms with Crippen LogP contribution in [0, 0.1) is 5.92 Å². The fourth-order valence-electron chi connectivity index (χ4n) is 3.99. The first kappa shape index (κ1) is 22.9. The van der Waals surface area contributed by atoms with Gasteiger partial charge < -0.3 is 9.80 Å². The molecule has 1 aromatic heterocycles. The molecule has 2 amide bonds. The number of piperazine rings is 1. The molecular formula is C23H33N5O3. The van der Waals surface area contributed by atoms with E-state index in [0.717, 1.165) is 0 Å². The van der Waals surface area contributed by atoms with Crippen LogP contribution < -0.4 is 5.56 Å². The Bertz CT molecular complexity index is 988. The van der Waals surface area contributed by atoms with E-state index < -0.39 is 0 Å². The number of hydrogen-bond acceptors (Lipinski definition) is 5. The first-order valence-electron chi connectivity index (χ1n) is 11.1. The van der Waals surface area contributed by atoms with E-state index >= 15 is 0 Å². The highest BCUT2D eigenvalue weighted by atomic mass is 16.2. The van der Waals surface area contributed by atoms with E-state index in [2.05, 4.69) is 10.00 Å². The van der Waals surface area contributed by atoms with Gasteiger partial charge in [-0.2, -0.15) is 5.10 Å². The summed E-state index contributed by atoms with van der Waals surface area (Å²) < 4.78 is 1.42. The molecule has 2 aromatic rings. The maximum absolute atomic E-state index is 13.3. The Morgan fingerprint density at radius 1 is 1.03 bits per heavy atom. The molecule has 0 aliphatic carbocycles. The first-order valence-corrected chi connectivity index (χ1v) is 11.1. The second-order valence-corrected chi connectivity index (χ2v) is 8.41. The van der Waals surface area contributed by atoms with E-state index in [0.29, 0.717) is 68.8 Å². The second kappa shape index (κ2) is 10.0. The summed E-state index contributed by atoms with van der Waals surface area (Å²) in [5.74, 6) is 0.197. The summed E-state index contributed by atoms with van der Waals surface area (Å²) in [7, 11) is 0. The third-order valence-electron chi connectivity index (χ3n) is 5.74. The highest BCUT2D eigenvalue weighted by molar-refractivity contribution is 6.04. The van der Waals surface area contributed by atoms with Crippen LogP contribution >= 0.6 is 0 Å². The molecule has 1 aliphatic rings. The van der Waals surface area contributed by atoms with E-state index in [1.807, 2.05) is 44.7 Å². The van der Waals surface area contributed by atoms with Gasteiger partial charge in [0.25, 0.3) is 11.5 Å². The molecule has 1 aromatic carbocycles. The van der Waals surface area contributed by atoms with Crippen LogP contribution in [0.3, 0.4) is 0 Å². The lowest BCUT2D eigenvalue weighted by molar-refractivity contribution is -0.132. The SMILES string of the molecule is CCN(CC)C(=O)CN1CCN(C(=O)c2nn(CC(C)C)c(=O)c3ccccc23)CC1. The standard InChI is InChI=1S/C23H33N5O3/c1-5-26(6-2)20(29)16-25-11-13-27(14-12-25)23(31)21-18-9-7-8-10-19(18)22(30)28(24-21)15-17(3)4/h7-10,17H,5-6,11-16H2,1-4H3. The summed E-state index contributed by atoms with van der Waals surface area (Å²) in [5, 5.41) is 5.58. The molecule has 0 saturated carbocycles. The van der Waals surface area contributed by atoms with E-state index in [1.165, 1.54) is 4.68 Å². The molecule has 0 spiro atoms. The Hall–Kier alpha value is -2.74. The topological polar surface area (TPSA) is 78.8 Å². The van der Waals surface area contributed by atoms with Gasteiger partial charge in [0, 0.05) is 51.2 Å². The van der Waals surface area contributed by atoms with Gasteiger partial charge in [-0.25, -0.2) is 4.68 Å². The minimum absolute atomic E-state index is 0.123. The van der Waals surface area contributed by atoms with E-state index in [9.17, 15) is 14.4 Å². The lowest BCUT2D eigenvalue weighted by Gasteiger charge is -2.35. The van der Waals surface area contributed by atoms with Gasteiger partial charge in [0.05, 0.1) is 11.9 Å². The lowest BCUT2D eigenvalue weighted by Crippen LogP contribution is -2.51. The molecule has 0 N–H and O–H groups in total. The normalized spacial score (nSPS) is 14.9. The quantitative estimate of drug-likeness (QED) is 0.672. The molecule has 3 rings (SSSR count). The zero-order chi connectivity index (χ0) is 22.5. The van der Waals surface area contributed by atoms with Gasteiger partial charge in [0.2, 0.25) is 5.91 Å². The second-order valence-electron chi connectivity index (χ2n) is 8.41. The predicted octanol–water partition coefficient (Wildman–Crippen LogP) is 1.68. The average Bonchev–Trinajstić information content (AvgIpc) is 2.76. The number of likely N-dealkylation sites (N-methyl/N-ethyl adjacent to an activating group) is 1. The Morgan fingerprint density at radius 2 is 1.65 bits per heavy atom. The van der Waals surface area contributed by atoms with Gasteiger partial charge in [-0.1, -0.05) is 32.0 Å². The third kappa shape index (κ3) is 5.12. The van der Waals surface area contributed by atoms with Crippen molar-refractivity contribution >= 4 is 22.6 Å². The van der Waals surface area contributed by atoms with Crippen molar-refractivity contribution < 1.29 is 9.59 Å². The van der Waals surface area contributed by atoms with Crippen LogP contribution in [-0.4, -0.2) is 82.1 Å². The minimum atomic E-state index is -0.166. The van der Waals surface area contributed by atoms with Crippen LogP contribution in [0.15, 0.2) is 29.1 Å². The smallest absolute Gasteiger partial charge is 0.275 e. The van der Waals surface area contributed by atoms with Crippen LogP contribution in [0.5, 0.6) is 0 Å². The van der Waals surface area contributed by atoms with Gasteiger partial charge in [-0.05, 0) is 25.8 Å². The number of carbonyl (C=O) groups is 2. The van der Waals surface area contributed by atoms with Crippen molar-refractivity contribution in [3.05, 3.63) is 40.3 Å².